The minimum Gasteiger partial charge on any atom is -0.444 e. The number of rotatable bonds is 6. The molecule has 4 rings (SSSR count). The minimum absolute atomic E-state index is 0.0216. The van der Waals surface area contributed by atoms with Crippen molar-refractivity contribution in [3.63, 3.8) is 0 Å². The lowest BCUT2D eigenvalue weighted by molar-refractivity contribution is 0.0492. The van der Waals surface area contributed by atoms with Gasteiger partial charge in [-0.05, 0) is 70.7 Å². The van der Waals surface area contributed by atoms with Crippen LogP contribution in [0.5, 0.6) is 11.6 Å². The largest absolute Gasteiger partial charge is 0.444 e. The number of nitrogens with two attached hydrogens (primary N) is 1. The molecule has 1 aliphatic carbocycles. The summed E-state index contributed by atoms with van der Waals surface area (Å²) < 4.78 is 25.4. The lowest BCUT2D eigenvalue weighted by Crippen LogP contribution is -2.42. The second-order valence-electron chi connectivity index (χ2n) is 9.78. The maximum absolute atomic E-state index is 14.3. The number of nitrogen functional groups attached to an aromatic ring is 1. The van der Waals surface area contributed by atoms with Gasteiger partial charge in [-0.2, -0.15) is 0 Å². The Balaban J connectivity index is 1.39. The first-order valence-electron chi connectivity index (χ1n) is 11.9. The number of hydrogen-bond acceptors (Lipinski definition) is 8. The Hall–Kier alpha value is -3.95. The smallest absolute Gasteiger partial charge is 0.407 e. The number of carbonyl (C=O) groups excluding carboxylic acids is 1. The van der Waals surface area contributed by atoms with Crippen LogP contribution >= 0.6 is 0 Å². The van der Waals surface area contributed by atoms with Crippen LogP contribution in [0.2, 0.25) is 0 Å². The van der Waals surface area contributed by atoms with Gasteiger partial charge in [-0.1, -0.05) is 0 Å². The number of amides is 1. The number of carbonyl (C=O) groups is 1. The van der Waals surface area contributed by atoms with E-state index in [4.69, 9.17) is 15.2 Å². The lowest BCUT2D eigenvalue weighted by atomic mass is 9.91. The van der Waals surface area contributed by atoms with Gasteiger partial charge in [-0.15, -0.1) is 0 Å². The zero-order valence-corrected chi connectivity index (χ0v) is 20.6. The summed E-state index contributed by atoms with van der Waals surface area (Å²) in [6, 6.07) is 9.89. The standard InChI is InChI=1S/C26H31FN6O3/c1-26(2,3)36-25(34)33-18-9-7-17(8-10-18)32-23-14-21(30-15-31-23)19-5-4-12-29-24(19)35-22-11-6-16(28)13-20(22)27/h4-6,11-15,17-18H,7-10,28H2,1-3H3,(H,33,34)(H,30,31,32). The van der Waals surface area contributed by atoms with Crippen LogP contribution < -0.4 is 21.1 Å². The molecule has 1 aliphatic rings. The zero-order chi connectivity index (χ0) is 25.7. The molecule has 0 saturated heterocycles. The number of ether oxygens (including phenoxy) is 2. The molecular formula is C26H31FN6O3. The van der Waals surface area contributed by atoms with Gasteiger partial charge in [0.05, 0.1) is 11.3 Å². The maximum atomic E-state index is 14.3. The molecule has 3 aromatic rings. The Kier molecular flexibility index (Phi) is 7.52. The summed E-state index contributed by atoms with van der Waals surface area (Å²) in [5.74, 6) is 0.332. The van der Waals surface area contributed by atoms with Crippen LogP contribution in [0.15, 0.2) is 48.9 Å². The monoisotopic (exact) mass is 494 g/mol. The van der Waals surface area contributed by atoms with Crippen LogP contribution in [0.1, 0.15) is 46.5 Å². The van der Waals surface area contributed by atoms with Crippen molar-refractivity contribution in [3.05, 3.63) is 54.7 Å². The van der Waals surface area contributed by atoms with Gasteiger partial charge < -0.3 is 25.8 Å². The second kappa shape index (κ2) is 10.8. The van der Waals surface area contributed by atoms with Crippen molar-refractivity contribution in [2.45, 2.75) is 64.1 Å². The number of anilines is 2. The van der Waals surface area contributed by atoms with E-state index in [1.54, 1.807) is 24.4 Å². The molecular weight excluding hydrogens is 463 g/mol. The number of aromatic nitrogens is 3. The molecule has 0 radical (unpaired) electrons. The summed E-state index contributed by atoms with van der Waals surface area (Å²) in [6.07, 6.45) is 6.07. The predicted molar refractivity (Wildman–Crippen MR) is 135 cm³/mol. The quantitative estimate of drug-likeness (QED) is 0.394. The van der Waals surface area contributed by atoms with Crippen LogP contribution in [0.4, 0.5) is 20.7 Å². The molecule has 36 heavy (non-hydrogen) atoms. The highest BCUT2D eigenvalue weighted by molar-refractivity contribution is 5.68. The Morgan fingerprint density at radius 1 is 1.06 bits per heavy atom. The Morgan fingerprint density at radius 3 is 2.53 bits per heavy atom. The van der Waals surface area contributed by atoms with Crippen molar-refractivity contribution in [2.75, 3.05) is 11.1 Å². The summed E-state index contributed by atoms with van der Waals surface area (Å²) in [5, 5.41) is 6.41. The third-order valence-corrected chi connectivity index (χ3v) is 5.68. The number of nitrogens with one attached hydrogen (secondary N) is 2. The second-order valence-corrected chi connectivity index (χ2v) is 9.78. The molecule has 4 N–H and O–H groups in total. The summed E-state index contributed by atoms with van der Waals surface area (Å²) in [7, 11) is 0. The van der Waals surface area contributed by atoms with Gasteiger partial charge in [0.1, 0.15) is 17.7 Å². The first-order valence-corrected chi connectivity index (χ1v) is 11.9. The molecule has 0 unspecified atom stereocenters. The van der Waals surface area contributed by atoms with Gasteiger partial charge in [0.2, 0.25) is 5.88 Å². The first-order chi connectivity index (χ1) is 17.2. The summed E-state index contributed by atoms with van der Waals surface area (Å²) >= 11 is 0. The molecule has 0 aliphatic heterocycles. The maximum Gasteiger partial charge on any atom is 0.407 e. The Labute approximate surface area is 209 Å². The van der Waals surface area contributed by atoms with E-state index in [0.29, 0.717) is 22.8 Å². The van der Waals surface area contributed by atoms with Crippen molar-refractivity contribution in [2.24, 2.45) is 0 Å². The fourth-order valence-corrected chi connectivity index (χ4v) is 4.02. The van der Waals surface area contributed by atoms with Gasteiger partial charge >= 0.3 is 6.09 Å². The molecule has 1 saturated carbocycles. The molecule has 0 atom stereocenters. The fraction of sp³-hybridized carbons (Fsp3) is 0.385. The zero-order valence-electron chi connectivity index (χ0n) is 20.6. The number of halogens is 1. The van der Waals surface area contributed by atoms with E-state index in [1.807, 2.05) is 26.8 Å². The number of benzene rings is 1. The minimum atomic E-state index is -0.576. The molecule has 2 heterocycles. The first kappa shape index (κ1) is 25.2. The van der Waals surface area contributed by atoms with Crippen molar-refractivity contribution in [1.29, 1.82) is 0 Å². The molecule has 1 amide bonds. The topological polar surface area (TPSA) is 124 Å². The summed E-state index contributed by atoms with van der Waals surface area (Å²) in [5.41, 5.74) is 6.61. The number of hydrogen-bond donors (Lipinski definition) is 3. The van der Waals surface area contributed by atoms with Gasteiger partial charge in [0.15, 0.2) is 11.6 Å². The van der Waals surface area contributed by atoms with E-state index in [0.717, 1.165) is 25.7 Å². The van der Waals surface area contributed by atoms with Gasteiger partial charge in [0.25, 0.3) is 0 Å². The summed E-state index contributed by atoms with van der Waals surface area (Å²) in [6.45, 7) is 5.54. The Bertz CT molecular complexity index is 1210. The number of pyridine rings is 1. The highest BCUT2D eigenvalue weighted by Crippen LogP contribution is 2.33. The third-order valence-electron chi connectivity index (χ3n) is 5.68. The van der Waals surface area contributed by atoms with Crippen LogP contribution in [-0.2, 0) is 4.74 Å². The van der Waals surface area contributed by atoms with E-state index in [1.165, 1.54) is 18.5 Å². The highest BCUT2D eigenvalue weighted by atomic mass is 19.1. The average molecular weight is 495 g/mol. The molecule has 190 valence electrons. The number of alkyl carbamates (subject to hydrolysis) is 1. The average Bonchev–Trinajstić information content (AvgIpc) is 2.81. The van der Waals surface area contributed by atoms with Gasteiger partial charge in [0, 0.05) is 36.1 Å². The van der Waals surface area contributed by atoms with Crippen molar-refractivity contribution < 1.29 is 18.7 Å². The molecule has 9 nitrogen and oxygen atoms in total. The third kappa shape index (κ3) is 6.80. The van der Waals surface area contributed by atoms with E-state index < -0.39 is 11.4 Å². The van der Waals surface area contributed by atoms with E-state index in [9.17, 15) is 9.18 Å². The van der Waals surface area contributed by atoms with Crippen LogP contribution in [-0.4, -0.2) is 38.7 Å². The molecule has 1 fully saturated rings. The molecule has 1 aromatic carbocycles. The Morgan fingerprint density at radius 2 is 1.81 bits per heavy atom. The molecule has 2 aromatic heterocycles. The molecule has 0 spiro atoms. The van der Waals surface area contributed by atoms with E-state index in [-0.39, 0.29) is 29.8 Å². The summed E-state index contributed by atoms with van der Waals surface area (Å²) in [4.78, 5) is 25.0. The van der Waals surface area contributed by atoms with Crippen LogP contribution in [0.25, 0.3) is 11.3 Å². The van der Waals surface area contributed by atoms with Crippen LogP contribution in [0, 0.1) is 5.82 Å². The predicted octanol–water partition coefficient (Wildman–Crippen LogP) is 5.30. The van der Waals surface area contributed by atoms with Gasteiger partial charge in [-0.3, -0.25) is 0 Å². The van der Waals surface area contributed by atoms with E-state index in [2.05, 4.69) is 25.6 Å². The van der Waals surface area contributed by atoms with Crippen molar-refractivity contribution >= 4 is 17.6 Å². The van der Waals surface area contributed by atoms with Gasteiger partial charge in [-0.25, -0.2) is 24.1 Å². The molecule has 10 heteroatoms. The van der Waals surface area contributed by atoms with Crippen molar-refractivity contribution in [1.82, 2.24) is 20.3 Å². The fourth-order valence-electron chi connectivity index (χ4n) is 4.02. The SMILES string of the molecule is CC(C)(C)OC(=O)NC1CCC(Nc2cc(-c3cccnc3Oc3ccc(N)cc3F)ncn2)CC1. The van der Waals surface area contributed by atoms with Crippen LogP contribution in [0.3, 0.4) is 0 Å². The normalized spacial score (nSPS) is 17.8. The van der Waals surface area contributed by atoms with E-state index >= 15 is 0 Å². The molecule has 0 bridgehead atoms. The highest BCUT2D eigenvalue weighted by Gasteiger charge is 2.25. The lowest BCUT2D eigenvalue weighted by Gasteiger charge is -2.30. The number of nitrogens with zero attached hydrogens (tertiary/aromatic N) is 3. The van der Waals surface area contributed by atoms with Crippen molar-refractivity contribution in [3.8, 4) is 22.9 Å².